The molecule has 0 radical (unpaired) electrons. The Morgan fingerprint density at radius 3 is 2.74 bits per heavy atom. The highest BCUT2D eigenvalue weighted by atomic mass is 16.5. The number of nitrogens with one attached hydrogen (secondary N) is 1. The van der Waals surface area contributed by atoms with Crippen LogP contribution in [-0.2, 0) is 11.2 Å². The summed E-state index contributed by atoms with van der Waals surface area (Å²) in [7, 11) is 1.38. The van der Waals surface area contributed by atoms with Gasteiger partial charge in [-0.2, -0.15) is 0 Å². The van der Waals surface area contributed by atoms with Gasteiger partial charge in [-0.25, -0.2) is 4.79 Å². The number of carbonyl (C=O) groups is 1. The lowest BCUT2D eigenvalue weighted by Gasteiger charge is -2.20. The lowest BCUT2D eigenvalue weighted by atomic mass is 10.1. The predicted octanol–water partition coefficient (Wildman–Crippen LogP) is 1.05. The molecule has 1 aromatic rings. The van der Waals surface area contributed by atoms with E-state index in [1.807, 2.05) is 19.1 Å². The highest BCUT2D eigenvalue weighted by molar-refractivity contribution is 5.89. The molecular weight excluding hydrogens is 294 g/mol. The topological polar surface area (TPSA) is 74.2 Å². The zero-order chi connectivity index (χ0) is 16.7. The Balaban J connectivity index is 1.91. The average Bonchev–Trinajstić information content (AvgIpc) is 3.00. The first-order chi connectivity index (χ1) is 11.1. The molecule has 1 heterocycles. The molecule has 0 aromatic heterocycles. The van der Waals surface area contributed by atoms with Crippen molar-refractivity contribution in [2.75, 3.05) is 33.3 Å². The van der Waals surface area contributed by atoms with Gasteiger partial charge < -0.3 is 20.1 Å². The van der Waals surface area contributed by atoms with Gasteiger partial charge in [0, 0.05) is 26.2 Å². The molecule has 0 spiro atoms. The van der Waals surface area contributed by atoms with E-state index in [4.69, 9.17) is 0 Å². The van der Waals surface area contributed by atoms with Gasteiger partial charge >= 0.3 is 5.97 Å². The largest absolute Gasteiger partial charge is 0.465 e. The summed E-state index contributed by atoms with van der Waals surface area (Å²) in [4.78, 5) is 18.1. The minimum absolute atomic E-state index is 0.260. The van der Waals surface area contributed by atoms with E-state index in [0.717, 1.165) is 37.5 Å². The van der Waals surface area contributed by atoms with Crippen molar-refractivity contribution in [3.8, 4) is 0 Å². The number of methoxy groups -OCH3 is 1. The number of likely N-dealkylation sites (tertiary alicyclic amines) is 1. The second-order valence-electron chi connectivity index (χ2n) is 5.56. The van der Waals surface area contributed by atoms with Crippen LogP contribution in [0.25, 0.3) is 0 Å². The van der Waals surface area contributed by atoms with Crippen LogP contribution in [0.5, 0.6) is 0 Å². The van der Waals surface area contributed by atoms with Gasteiger partial charge in [0.2, 0.25) is 0 Å². The van der Waals surface area contributed by atoms with Gasteiger partial charge in [-0.15, -0.1) is 0 Å². The SMILES string of the molecule is CCNC(=NCCc1ccc(C(=O)OC)cc1)N1CC[C@@H](O)C1. The number of hydrogen-bond donors (Lipinski definition) is 2. The summed E-state index contributed by atoms with van der Waals surface area (Å²) in [6, 6.07) is 7.39. The van der Waals surface area contributed by atoms with E-state index in [0.29, 0.717) is 18.7 Å². The van der Waals surface area contributed by atoms with Gasteiger partial charge in [0.15, 0.2) is 5.96 Å². The first-order valence-electron chi connectivity index (χ1n) is 8.02. The van der Waals surface area contributed by atoms with E-state index in [9.17, 15) is 9.90 Å². The molecule has 2 N–H and O–H groups in total. The minimum Gasteiger partial charge on any atom is -0.465 e. The lowest BCUT2D eigenvalue weighted by molar-refractivity contribution is 0.0600. The third kappa shape index (κ3) is 4.96. The third-order valence-corrected chi connectivity index (χ3v) is 3.83. The maximum absolute atomic E-state index is 11.4. The van der Waals surface area contributed by atoms with Crippen molar-refractivity contribution >= 4 is 11.9 Å². The number of rotatable bonds is 5. The molecule has 1 aliphatic rings. The molecule has 0 unspecified atom stereocenters. The number of guanidine groups is 1. The van der Waals surface area contributed by atoms with Crippen LogP contribution in [0.15, 0.2) is 29.3 Å². The quantitative estimate of drug-likeness (QED) is 0.482. The number of nitrogens with zero attached hydrogens (tertiary/aromatic N) is 2. The van der Waals surface area contributed by atoms with Crippen molar-refractivity contribution in [2.24, 2.45) is 4.99 Å². The smallest absolute Gasteiger partial charge is 0.337 e. The van der Waals surface area contributed by atoms with Gasteiger partial charge in [0.25, 0.3) is 0 Å². The highest BCUT2D eigenvalue weighted by Crippen LogP contribution is 2.10. The van der Waals surface area contributed by atoms with E-state index in [1.165, 1.54) is 7.11 Å². The van der Waals surface area contributed by atoms with Gasteiger partial charge in [0.1, 0.15) is 0 Å². The van der Waals surface area contributed by atoms with Crippen molar-refractivity contribution in [3.05, 3.63) is 35.4 Å². The number of esters is 1. The summed E-state index contributed by atoms with van der Waals surface area (Å²) in [6.07, 6.45) is 1.33. The van der Waals surface area contributed by atoms with Crippen LogP contribution in [0.2, 0.25) is 0 Å². The third-order valence-electron chi connectivity index (χ3n) is 3.83. The standard InChI is InChI=1S/C17H25N3O3/c1-3-18-17(20-11-9-15(21)12-20)19-10-8-13-4-6-14(7-5-13)16(22)23-2/h4-7,15,21H,3,8-12H2,1-2H3,(H,18,19)/t15-/m1/s1. The maximum Gasteiger partial charge on any atom is 0.337 e. The molecule has 0 saturated carbocycles. The Bertz CT molecular complexity index is 543. The molecule has 6 nitrogen and oxygen atoms in total. The monoisotopic (exact) mass is 319 g/mol. The fraction of sp³-hybridized carbons (Fsp3) is 0.529. The van der Waals surface area contributed by atoms with E-state index in [2.05, 4.69) is 19.9 Å². The molecule has 1 atom stereocenters. The first-order valence-corrected chi connectivity index (χ1v) is 8.02. The summed E-state index contributed by atoms with van der Waals surface area (Å²) in [5, 5.41) is 12.9. The Hall–Kier alpha value is -2.08. The molecular formula is C17H25N3O3. The fourth-order valence-electron chi connectivity index (χ4n) is 2.58. The van der Waals surface area contributed by atoms with Crippen molar-refractivity contribution in [1.82, 2.24) is 10.2 Å². The Labute approximate surface area is 137 Å². The highest BCUT2D eigenvalue weighted by Gasteiger charge is 2.22. The van der Waals surface area contributed by atoms with Crippen molar-refractivity contribution < 1.29 is 14.6 Å². The zero-order valence-electron chi connectivity index (χ0n) is 13.8. The van der Waals surface area contributed by atoms with Crippen molar-refractivity contribution in [1.29, 1.82) is 0 Å². The summed E-state index contributed by atoms with van der Waals surface area (Å²) in [5.41, 5.74) is 1.68. The number of aliphatic imine (C=N–C) groups is 1. The minimum atomic E-state index is -0.323. The molecule has 2 rings (SSSR count). The number of aliphatic hydroxyl groups is 1. The van der Waals surface area contributed by atoms with Gasteiger partial charge in [-0.05, 0) is 37.5 Å². The summed E-state index contributed by atoms with van der Waals surface area (Å²) in [5.74, 6) is 0.534. The van der Waals surface area contributed by atoms with E-state index in [-0.39, 0.29) is 12.1 Å². The second-order valence-corrected chi connectivity index (χ2v) is 5.56. The Morgan fingerprint density at radius 1 is 1.43 bits per heavy atom. The van der Waals surface area contributed by atoms with E-state index < -0.39 is 0 Å². The average molecular weight is 319 g/mol. The molecule has 6 heteroatoms. The predicted molar refractivity (Wildman–Crippen MR) is 89.7 cm³/mol. The number of ether oxygens (including phenoxy) is 1. The van der Waals surface area contributed by atoms with Crippen LogP contribution in [0.3, 0.4) is 0 Å². The number of β-amino-alcohol motifs (C(OH)–C–C–N with tert-alkyl or cyclic N) is 1. The van der Waals surface area contributed by atoms with Gasteiger partial charge in [-0.1, -0.05) is 12.1 Å². The van der Waals surface area contributed by atoms with Crippen molar-refractivity contribution in [3.63, 3.8) is 0 Å². The summed E-state index contributed by atoms with van der Waals surface area (Å²) in [6.45, 7) is 4.97. The first kappa shape index (κ1) is 17.3. The normalized spacial score (nSPS) is 18.1. The molecule has 0 aliphatic carbocycles. The molecule has 23 heavy (non-hydrogen) atoms. The number of carbonyl (C=O) groups excluding carboxylic acids is 1. The molecule has 1 fully saturated rings. The number of aliphatic hydroxyl groups excluding tert-OH is 1. The van der Waals surface area contributed by atoms with Crippen LogP contribution in [0.1, 0.15) is 29.3 Å². The number of hydrogen-bond acceptors (Lipinski definition) is 4. The van der Waals surface area contributed by atoms with Crippen LogP contribution in [0.4, 0.5) is 0 Å². The van der Waals surface area contributed by atoms with Gasteiger partial charge in [-0.3, -0.25) is 4.99 Å². The van der Waals surface area contributed by atoms with E-state index >= 15 is 0 Å². The second kappa shape index (κ2) is 8.53. The van der Waals surface area contributed by atoms with Crippen molar-refractivity contribution in [2.45, 2.75) is 25.9 Å². The lowest BCUT2D eigenvalue weighted by Crippen LogP contribution is -2.40. The molecule has 1 aliphatic heterocycles. The zero-order valence-corrected chi connectivity index (χ0v) is 13.8. The molecule has 0 bridgehead atoms. The summed E-state index contributed by atoms with van der Waals surface area (Å²) >= 11 is 0. The van der Waals surface area contributed by atoms with E-state index in [1.54, 1.807) is 12.1 Å². The number of benzene rings is 1. The maximum atomic E-state index is 11.4. The molecule has 1 aromatic carbocycles. The Kier molecular flexibility index (Phi) is 6.40. The van der Waals surface area contributed by atoms with Crippen LogP contribution < -0.4 is 5.32 Å². The summed E-state index contributed by atoms with van der Waals surface area (Å²) < 4.78 is 4.69. The fourth-order valence-corrected chi connectivity index (χ4v) is 2.58. The van der Waals surface area contributed by atoms with Crippen LogP contribution in [0, 0.1) is 0 Å². The molecule has 0 amide bonds. The Morgan fingerprint density at radius 2 is 2.17 bits per heavy atom. The van der Waals surface area contributed by atoms with Gasteiger partial charge in [0.05, 0.1) is 18.8 Å². The van der Waals surface area contributed by atoms with Crippen LogP contribution in [-0.4, -0.2) is 61.3 Å². The molecule has 126 valence electrons. The van der Waals surface area contributed by atoms with Crippen LogP contribution >= 0.6 is 0 Å². The molecule has 1 saturated heterocycles.